The van der Waals surface area contributed by atoms with Gasteiger partial charge in [-0.1, -0.05) is 50.5 Å². The van der Waals surface area contributed by atoms with Crippen LogP contribution in [-0.2, 0) is 17.6 Å². The highest BCUT2D eigenvalue weighted by molar-refractivity contribution is 5.89. The molecule has 0 aliphatic heterocycles. The van der Waals surface area contributed by atoms with E-state index < -0.39 is 17.3 Å². The maximum atomic E-state index is 11.9. The van der Waals surface area contributed by atoms with Gasteiger partial charge < -0.3 is 15.4 Å². The number of anilines is 1. The predicted octanol–water partition coefficient (Wildman–Crippen LogP) is 3.15. The number of nitrogens with one attached hydrogen (secondary N) is 2. The van der Waals surface area contributed by atoms with Gasteiger partial charge in [0.25, 0.3) is 5.56 Å². The summed E-state index contributed by atoms with van der Waals surface area (Å²) in [6.45, 7) is 3.46. The second-order valence-electron chi connectivity index (χ2n) is 6.20. The number of unbranched alkanes of at least 4 members (excludes halogenated alkanes) is 3. The van der Waals surface area contributed by atoms with E-state index in [1.165, 1.54) is 38.2 Å². The summed E-state index contributed by atoms with van der Waals surface area (Å²) in [6, 6.07) is 8.19. The van der Waals surface area contributed by atoms with Gasteiger partial charge in [0.1, 0.15) is 5.82 Å². The van der Waals surface area contributed by atoms with E-state index in [4.69, 9.17) is 0 Å². The first-order valence-corrected chi connectivity index (χ1v) is 8.67. The molecule has 134 valence electrons. The molecule has 6 heteroatoms. The average Bonchev–Trinajstić information content (AvgIpc) is 2.56. The lowest BCUT2D eigenvalue weighted by atomic mass is 10.0. The highest BCUT2D eigenvalue weighted by Gasteiger charge is 2.12. The quantitative estimate of drug-likeness (QED) is 0.642. The molecular formula is C19H25N3O3. The minimum absolute atomic E-state index is 0.223. The van der Waals surface area contributed by atoms with Crippen molar-refractivity contribution in [2.75, 3.05) is 5.32 Å². The molecule has 0 unspecified atom stereocenters. The number of hydrogen-bond donors (Lipinski definition) is 3. The summed E-state index contributed by atoms with van der Waals surface area (Å²) in [7, 11) is 0. The zero-order valence-electron chi connectivity index (χ0n) is 14.8. The number of amides is 1. The van der Waals surface area contributed by atoms with Crippen LogP contribution in [0.15, 0.2) is 29.1 Å². The van der Waals surface area contributed by atoms with E-state index >= 15 is 0 Å². The van der Waals surface area contributed by atoms with Crippen LogP contribution in [0.1, 0.15) is 56.5 Å². The van der Waals surface area contributed by atoms with Crippen molar-refractivity contribution >= 4 is 11.6 Å². The van der Waals surface area contributed by atoms with Crippen LogP contribution in [0.5, 0.6) is 5.88 Å². The molecule has 1 amide bonds. The molecule has 3 N–H and O–H groups in total. The molecule has 6 nitrogen and oxygen atoms in total. The fourth-order valence-electron chi connectivity index (χ4n) is 2.65. The number of aromatic amines is 1. The minimum Gasteiger partial charge on any atom is -0.492 e. The van der Waals surface area contributed by atoms with Crippen molar-refractivity contribution in [3.05, 3.63) is 51.6 Å². The van der Waals surface area contributed by atoms with E-state index in [9.17, 15) is 14.7 Å². The summed E-state index contributed by atoms with van der Waals surface area (Å²) in [5.74, 6) is -0.557. The summed E-state index contributed by atoms with van der Waals surface area (Å²) in [6.07, 6.45) is 6.43. The molecule has 25 heavy (non-hydrogen) atoms. The molecule has 0 aliphatic carbocycles. The second kappa shape index (κ2) is 9.01. The molecule has 0 aliphatic rings. The van der Waals surface area contributed by atoms with Crippen LogP contribution in [0.25, 0.3) is 0 Å². The Morgan fingerprint density at radius 2 is 1.84 bits per heavy atom. The maximum Gasteiger partial charge on any atom is 0.278 e. The van der Waals surface area contributed by atoms with Crippen LogP contribution in [0.2, 0.25) is 0 Å². The van der Waals surface area contributed by atoms with Gasteiger partial charge >= 0.3 is 0 Å². The monoisotopic (exact) mass is 343 g/mol. The largest absolute Gasteiger partial charge is 0.492 e. The molecule has 0 radical (unpaired) electrons. The fourth-order valence-corrected chi connectivity index (χ4v) is 2.65. The minimum atomic E-state index is -0.565. The van der Waals surface area contributed by atoms with Crippen molar-refractivity contribution in [1.82, 2.24) is 9.97 Å². The molecule has 1 aromatic carbocycles. The Labute approximate surface area is 147 Å². The fraction of sp³-hybridized carbons (Fsp3) is 0.421. The first-order chi connectivity index (χ1) is 12.0. The third-order valence-electron chi connectivity index (χ3n) is 3.96. The van der Waals surface area contributed by atoms with Gasteiger partial charge in [0.05, 0.1) is 0 Å². The van der Waals surface area contributed by atoms with Crippen molar-refractivity contribution in [1.29, 1.82) is 0 Å². The Balaban J connectivity index is 2.02. The first kappa shape index (κ1) is 18.7. The van der Waals surface area contributed by atoms with Crippen LogP contribution in [0.3, 0.4) is 0 Å². The average molecular weight is 343 g/mol. The molecular weight excluding hydrogens is 318 g/mol. The lowest BCUT2D eigenvalue weighted by molar-refractivity contribution is -0.114. The van der Waals surface area contributed by atoms with Gasteiger partial charge in [0, 0.05) is 13.3 Å². The first-order valence-electron chi connectivity index (χ1n) is 8.67. The number of aromatic hydroxyl groups is 1. The summed E-state index contributed by atoms with van der Waals surface area (Å²) in [5.41, 5.74) is 1.50. The maximum absolute atomic E-state index is 11.9. The lowest BCUT2D eigenvalue weighted by Crippen LogP contribution is -2.20. The highest BCUT2D eigenvalue weighted by Crippen LogP contribution is 2.16. The van der Waals surface area contributed by atoms with Crippen molar-refractivity contribution in [2.24, 2.45) is 0 Å². The van der Waals surface area contributed by atoms with E-state index in [1.54, 1.807) is 0 Å². The number of aryl methyl sites for hydroxylation is 1. The second-order valence-corrected chi connectivity index (χ2v) is 6.20. The molecule has 0 saturated heterocycles. The third kappa shape index (κ3) is 5.74. The van der Waals surface area contributed by atoms with Gasteiger partial charge in [-0.05, 0) is 24.0 Å². The number of rotatable bonds is 8. The van der Waals surface area contributed by atoms with E-state index in [2.05, 4.69) is 34.3 Å². The lowest BCUT2D eigenvalue weighted by Gasteiger charge is -2.07. The number of H-pyrrole nitrogens is 1. The van der Waals surface area contributed by atoms with Gasteiger partial charge in [-0.25, -0.2) is 0 Å². The van der Waals surface area contributed by atoms with Crippen molar-refractivity contribution in [3.8, 4) is 5.88 Å². The standard InChI is InChI=1S/C19H25N3O3/c1-3-4-5-6-7-14-8-10-15(11-9-14)12-16-21-18(24)17(19(25)22-16)20-13(2)23/h8-11H,3-7,12H2,1-2H3,(H,20,23)(H2,21,22,24,25). The molecule has 0 saturated carbocycles. The van der Waals surface area contributed by atoms with Crippen LogP contribution >= 0.6 is 0 Å². The molecule has 2 rings (SSSR count). The number of benzene rings is 1. The molecule has 0 bridgehead atoms. The van der Waals surface area contributed by atoms with Gasteiger partial charge in [-0.3, -0.25) is 9.59 Å². The van der Waals surface area contributed by atoms with Gasteiger partial charge in [0.2, 0.25) is 11.8 Å². The molecule has 2 aromatic rings. The number of carbonyl (C=O) groups is 1. The molecule has 1 aromatic heterocycles. The van der Waals surface area contributed by atoms with Crippen molar-refractivity contribution < 1.29 is 9.90 Å². The molecule has 0 fully saturated rings. The van der Waals surface area contributed by atoms with Crippen molar-refractivity contribution in [3.63, 3.8) is 0 Å². The summed E-state index contributed by atoms with van der Waals surface area (Å²) < 4.78 is 0. The smallest absolute Gasteiger partial charge is 0.278 e. The Hall–Kier alpha value is -2.63. The zero-order chi connectivity index (χ0) is 18.2. The van der Waals surface area contributed by atoms with Gasteiger partial charge in [0.15, 0.2) is 5.69 Å². The number of nitrogens with zero attached hydrogens (tertiary/aromatic N) is 1. The van der Waals surface area contributed by atoms with Crippen LogP contribution in [0.4, 0.5) is 5.69 Å². The third-order valence-corrected chi connectivity index (χ3v) is 3.96. The van der Waals surface area contributed by atoms with E-state index in [0.29, 0.717) is 12.2 Å². The van der Waals surface area contributed by atoms with Crippen molar-refractivity contribution in [2.45, 2.75) is 52.4 Å². The SMILES string of the molecule is CCCCCCc1ccc(Cc2nc(O)c(NC(C)=O)c(=O)[nH]2)cc1. The van der Waals surface area contributed by atoms with E-state index in [0.717, 1.165) is 12.0 Å². The topological polar surface area (TPSA) is 95.1 Å². The van der Waals surface area contributed by atoms with Crippen LogP contribution < -0.4 is 10.9 Å². The van der Waals surface area contributed by atoms with Crippen LogP contribution in [-0.4, -0.2) is 21.0 Å². The number of aromatic nitrogens is 2. The Morgan fingerprint density at radius 3 is 2.44 bits per heavy atom. The molecule has 1 heterocycles. The Bertz CT molecular complexity index is 766. The molecule has 0 atom stereocenters. The summed E-state index contributed by atoms with van der Waals surface area (Å²) in [4.78, 5) is 29.5. The van der Waals surface area contributed by atoms with E-state index in [-0.39, 0.29) is 5.69 Å². The predicted molar refractivity (Wildman–Crippen MR) is 97.9 cm³/mol. The number of hydrogen-bond acceptors (Lipinski definition) is 4. The van der Waals surface area contributed by atoms with E-state index in [1.807, 2.05) is 12.1 Å². The zero-order valence-corrected chi connectivity index (χ0v) is 14.8. The number of carbonyl (C=O) groups excluding carboxylic acids is 1. The summed E-state index contributed by atoms with van der Waals surface area (Å²) in [5, 5.41) is 12.1. The molecule has 0 spiro atoms. The summed E-state index contributed by atoms with van der Waals surface area (Å²) >= 11 is 0. The van der Waals surface area contributed by atoms with Gasteiger partial charge in [-0.2, -0.15) is 4.98 Å². The normalized spacial score (nSPS) is 10.6. The van der Waals surface area contributed by atoms with Gasteiger partial charge in [-0.15, -0.1) is 0 Å². The highest BCUT2D eigenvalue weighted by atomic mass is 16.3. The Morgan fingerprint density at radius 1 is 1.16 bits per heavy atom. The Kier molecular flexibility index (Phi) is 6.74. The van der Waals surface area contributed by atoms with Crippen LogP contribution in [0, 0.1) is 0 Å².